The molecule has 0 fully saturated rings. The first kappa shape index (κ1) is 16.0. The zero-order chi connectivity index (χ0) is 12.4. The van der Waals surface area contributed by atoms with Crippen LogP contribution in [0.25, 0.3) is 0 Å². The number of thioether (sulfide) groups is 1. The Morgan fingerprint density at radius 2 is 1.56 bits per heavy atom. The molecular formula is C14H28OS. The van der Waals surface area contributed by atoms with Crippen LogP contribution in [0.4, 0.5) is 0 Å². The number of hydrogen-bond donors (Lipinski definition) is 0. The molecule has 0 unspecified atom stereocenters. The average molecular weight is 244 g/mol. The highest BCUT2D eigenvalue weighted by Gasteiger charge is 2.20. The summed E-state index contributed by atoms with van der Waals surface area (Å²) in [4.78, 5) is 11.6. The Labute approximate surface area is 106 Å². The molecule has 0 amide bonds. The molecule has 0 saturated carbocycles. The molecule has 0 aromatic heterocycles. The number of rotatable bonds is 9. The number of hydrogen-bond acceptors (Lipinski definition) is 2. The van der Waals surface area contributed by atoms with Gasteiger partial charge in [-0.1, -0.05) is 59.8 Å². The molecule has 16 heavy (non-hydrogen) atoms. The highest BCUT2D eigenvalue weighted by Crippen LogP contribution is 2.18. The van der Waals surface area contributed by atoms with Crippen LogP contribution in [0.5, 0.6) is 0 Å². The van der Waals surface area contributed by atoms with Crippen molar-refractivity contribution in [1.29, 1.82) is 0 Å². The first-order chi connectivity index (χ1) is 7.48. The summed E-state index contributed by atoms with van der Waals surface area (Å²) >= 11 is 1.80. The van der Waals surface area contributed by atoms with Crippen molar-refractivity contribution in [1.82, 2.24) is 0 Å². The van der Waals surface area contributed by atoms with Crippen LogP contribution in [-0.2, 0) is 4.79 Å². The van der Waals surface area contributed by atoms with Crippen molar-refractivity contribution in [2.75, 3.05) is 11.5 Å². The average Bonchev–Trinajstić information content (AvgIpc) is 2.20. The minimum atomic E-state index is -0.159. The number of carbonyl (C=O) groups excluding carboxylic acids is 1. The van der Waals surface area contributed by atoms with Crippen LogP contribution < -0.4 is 0 Å². The van der Waals surface area contributed by atoms with E-state index in [0.29, 0.717) is 11.5 Å². The van der Waals surface area contributed by atoms with Crippen LogP contribution in [0.3, 0.4) is 0 Å². The van der Waals surface area contributed by atoms with Gasteiger partial charge in [-0.15, -0.1) is 0 Å². The van der Waals surface area contributed by atoms with E-state index in [1.165, 1.54) is 38.5 Å². The van der Waals surface area contributed by atoms with Gasteiger partial charge in [0.25, 0.3) is 0 Å². The first-order valence-corrected chi connectivity index (χ1v) is 7.75. The summed E-state index contributed by atoms with van der Waals surface area (Å²) < 4.78 is 0. The van der Waals surface area contributed by atoms with Gasteiger partial charge in [-0.25, -0.2) is 0 Å². The van der Waals surface area contributed by atoms with Gasteiger partial charge in [-0.2, -0.15) is 11.8 Å². The van der Waals surface area contributed by atoms with Crippen molar-refractivity contribution in [3.63, 3.8) is 0 Å². The smallest absolute Gasteiger partial charge is 0.148 e. The third kappa shape index (κ3) is 9.26. The fourth-order valence-electron chi connectivity index (χ4n) is 1.37. The monoisotopic (exact) mass is 244 g/mol. The van der Waals surface area contributed by atoms with E-state index in [-0.39, 0.29) is 5.41 Å². The van der Waals surface area contributed by atoms with Gasteiger partial charge in [0.15, 0.2) is 0 Å². The second-order valence-corrected chi connectivity index (χ2v) is 6.60. The zero-order valence-electron chi connectivity index (χ0n) is 11.5. The van der Waals surface area contributed by atoms with E-state index in [1.807, 2.05) is 20.8 Å². The second kappa shape index (κ2) is 9.09. The van der Waals surface area contributed by atoms with Gasteiger partial charge in [0.05, 0.1) is 5.75 Å². The van der Waals surface area contributed by atoms with Gasteiger partial charge in [-0.05, 0) is 12.2 Å². The van der Waals surface area contributed by atoms with Gasteiger partial charge in [0.1, 0.15) is 5.78 Å². The summed E-state index contributed by atoms with van der Waals surface area (Å²) in [5.41, 5.74) is -0.159. The lowest BCUT2D eigenvalue weighted by Gasteiger charge is -2.15. The van der Waals surface area contributed by atoms with Crippen LogP contribution in [0.15, 0.2) is 0 Å². The maximum atomic E-state index is 11.6. The van der Waals surface area contributed by atoms with Gasteiger partial charge in [0.2, 0.25) is 0 Å². The summed E-state index contributed by atoms with van der Waals surface area (Å²) in [5.74, 6) is 2.22. The zero-order valence-corrected chi connectivity index (χ0v) is 12.3. The SMILES string of the molecule is CCCCCCCCSCC(=O)C(C)(C)C. The molecule has 0 spiro atoms. The van der Waals surface area contributed by atoms with Crippen molar-refractivity contribution >= 4 is 17.5 Å². The molecule has 0 radical (unpaired) electrons. The van der Waals surface area contributed by atoms with E-state index in [9.17, 15) is 4.79 Å². The summed E-state index contributed by atoms with van der Waals surface area (Å²) in [6.45, 7) is 8.25. The Morgan fingerprint density at radius 1 is 1.00 bits per heavy atom. The summed E-state index contributed by atoms with van der Waals surface area (Å²) in [7, 11) is 0. The number of Topliss-reactive ketones (excluding diaryl/α,β-unsaturated/α-hetero) is 1. The molecule has 0 saturated heterocycles. The number of carbonyl (C=O) groups is 1. The molecule has 1 nitrogen and oxygen atoms in total. The molecule has 0 aliphatic rings. The molecule has 0 atom stereocenters. The van der Waals surface area contributed by atoms with E-state index < -0.39 is 0 Å². The molecular weight excluding hydrogens is 216 g/mol. The predicted molar refractivity (Wildman–Crippen MR) is 75.2 cm³/mol. The molecule has 0 N–H and O–H groups in total. The molecule has 0 aromatic rings. The maximum Gasteiger partial charge on any atom is 0.148 e. The van der Waals surface area contributed by atoms with Crippen LogP contribution >= 0.6 is 11.8 Å². The van der Waals surface area contributed by atoms with E-state index in [1.54, 1.807) is 11.8 Å². The molecule has 0 aliphatic carbocycles. The van der Waals surface area contributed by atoms with Gasteiger partial charge in [0, 0.05) is 5.41 Å². The highest BCUT2D eigenvalue weighted by atomic mass is 32.2. The molecule has 0 aliphatic heterocycles. The van der Waals surface area contributed by atoms with E-state index in [0.717, 1.165) is 5.75 Å². The summed E-state index contributed by atoms with van der Waals surface area (Å²) in [5, 5.41) is 0. The Morgan fingerprint density at radius 3 is 2.12 bits per heavy atom. The summed E-state index contributed by atoms with van der Waals surface area (Å²) in [6.07, 6.45) is 8.02. The largest absolute Gasteiger partial charge is 0.298 e. The Balaban J connectivity index is 3.25. The van der Waals surface area contributed by atoms with Crippen LogP contribution in [0, 0.1) is 5.41 Å². The van der Waals surface area contributed by atoms with Crippen molar-refractivity contribution in [3.05, 3.63) is 0 Å². The highest BCUT2D eigenvalue weighted by molar-refractivity contribution is 7.99. The quantitative estimate of drug-likeness (QED) is 0.547. The fraction of sp³-hybridized carbons (Fsp3) is 0.929. The third-order valence-corrected chi connectivity index (χ3v) is 3.76. The lowest BCUT2D eigenvalue weighted by atomic mass is 9.92. The van der Waals surface area contributed by atoms with Crippen molar-refractivity contribution < 1.29 is 4.79 Å². The molecule has 96 valence electrons. The van der Waals surface area contributed by atoms with Crippen LogP contribution in [0.1, 0.15) is 66.2 Å². The normalized spacial score (nSPS) is 11.8. The molecule has 0 rings (SSSR count). The standard InChI is InChI=1S/C14H28OS/c1-5-6-7-8-9-10-11-16-12-13(15)14(2,3)4/h5-12H2,1-4H3. The molecule has 2 heteroatoms. The van der Waals surface area contributed by atoms with Gasteiger partial charge < -0.3 is 0 Å². The lowest BCUT2D eigenvalue weighted by Crippen LogP contribution is -2.22. The fourth-order valence-corrected chi connectivity index (χ4v) is 2.54. The number of unbranched alkanes of at least 4 members (excludes halogenated alkanes) is 5. The van der Waals surface area contributed by atoms with Crippen LogP contribution in [-0.4, -0.2) is 17.3 Å². The Hall–Kier alpha value is 0.0200. The lowest BCUT2D eigenvalue weighted by molar-refractivity contribution is -0.123. The Bertz CT molecular complexity index is 182. The van der Waals surface area contributed by atoms with E-state index in [2.05, 4.69) is 6.92 Å². The third-order valence-electron chi connectivity index (χ3n) is 2.71. The van der Waals surface area contributed by atoms with Gasteiger partial charge in [-0.3, -0.25) is 4.79 Å². The van der Waals surface area contributed by atoms with Crippen molar-refractivity contribution in [3.8, 4) is 0 Å². The maximum absolute atomic E-state index is 11.6. The van der Waals surface area contributed by atoms with Gasteiger partial charge >= 0.3 is 0 Å². The molecule has 0 aromatic carbocycles. The van der Waals surface area contributed by atoms with E-state index >= 15 is 0 Å². The van der Waals surface area contributed by atoms with Crippen molar-refractivity contribution in [2.24, 2.45) is 5.41 Å². The topological polar surface area (TPSA) is 17.1 Å². The van der Waals surface area contributed by atoms with E-state index in [4.69, 9.17) is 0 Å². The molecule has 0 bridgehead atoms. The minimum absolute atomic E-state index is 0.159. The number of ketones is 1. The first-order valence-electron chi connectivity index (χ1n) is 6.59. The van der Waals surface area contributed by atoms with Crippen molar-refractivity contribution in [2.45, 2.75) is 66.2 Å². The molecule has 0 heterocycles. The summed E-state index contributed by atoms with van der Waals surface area (Å²) in [6, 6.07) is 0. The minimum Gasteiger partial charge on any atom is -0.298 e. The second-order valence-electron chi connectivity index (χ2n) is 5.49. The van der Waals surface area contributed by atoms with Crippen LogP contribution in [0.2, 0.25) is 0 Å². The predicted octanol–water partition coefficient (Wildman–Crippen LogP) is 4.70. The Kier molecular flexibility index (Phi) is 9.10.